The zero-order valence-electron chi connectivity index (χ0n) is 59.4. The molecule has 2 unspecified atom stereocenters. The van der Waals surface area contributed by atoms with E-state index in [4.69, 9.17) is 0 Å². The molecule has 2 atom stereocenters. The first-order valence-corrected chi connectivity index (χ1v) is 37.6. The number of para-hydroxylation sites is 6. The molecular weight excluding hydrogens is 1310 g/mol. The van der Waals surface area contributed by atoms with Crippen molar-refractivity contribution in [3.63, 3.8) is 0 Å². The van der Waals surface area contributed by atoms with Crippen molar-refractivity contribution >= 4 is 67.3 Å². The summed E-state index contributed by atoms with van der Waals surface area (Å²) < 4.78 is 2.49. The highest BCUT2D eigenvalue weighted by Crippen LogP contribution is 2.62. The summed E-state index contributed by atoms with van der Waals surface area (Å²) in [7, 11) is 0. The van der Waals surface area contributed by atoms with Gasteiger partial charge in [-0.25, -0.2) is 0 Å². The largest absolute Gasteiger partial charge is 0.333 e. The molecule has 16 aromatic carbocycles. The van der Waals surface area contributed by atoms with Crippen molar-refractivity contribution in [3.8, 4) is 50.2 Å². The van der Waals surface area contributed by atoms with Gasteiger partial charge in [0, 0.05) is 50.6 Å². The minimum Gasteiger partial charge on any atom is -0.333 e. The first kappa shape index (κ1) is 62.7. The summed E-state index contributed by atoms with van der Waals surface area (Å²) in [5.74, 6) is 0.0939. The van der Waals surface area contributed by atoms with Crippen LogP contribution in [0.1, 0.15) is 56.0 Å². The van der Waals surface area contributed by atoms with Crippen molar-refractivity contribution in [1.29, 1.82) is 0 Å². The molecule has 0 spiro atoms. The van der Waals surface area contributed by atoms with Crippen molar-refractivity contribution in [1.82, 2.24) is 4.57 Å². The van der Waals surface area contributed by atoms with E-state index in [0.717, 1.165) is 56.5 Å². The first-order valence-electron chi connectivity index (χ1n) is 37.6. The SMILES string of the molecule is C1=CC2c3c(-c4cccc5c4c4ccccc4n5-c4ccccc4-c4ccccc4)cccc3N(c3ccccc3-c3cccc(-c4ccc5c(c4)N(c4cccc(N6c7ccccc7C(c7ccccc7)(c7ccccc7)c7ccccc76)c4)c4ccccc4C5(c4ccccc4)c4ccccc4)c3)C2C=C1. The average Bonchev–Trinajstić information content (AvgIpc) is 1.03. The van der Waals surface area contributed by atoms with Crippen LogP contribution in [0.4, 0.5) is 45.5 Å². The Morgan fingerprint density at radius 2 is 0.648 bits per heavy atom. The van der Waals surface area contributed by atoms with E-state index >= 15 is 0 Å². The molecular formula is C104H72N4. The van der Waals surface area contributed by atoms with E-state index in [2.05, 4.69) is 444 Å². The normalized spacial score (nSPS) is 15.4. The van der Waals surface area contributed by atoms with Crippen molar-refractivity contribution < 1.29 is 0 Å². The molecule has 0 amide bonds. The van der Waals surface area contributed by atoms with E-state index in [0.29, 0.717) is 0 Å². The van der Waals surface area contributed by atoms with Gasteiger partial charge in [0.05, 0.1) is 56.3 Å². The summed E-state index contributed by atoms with van der Waals surface area (Å²) in [6.45, 7) is 0. The van der Waals surface area contributed by atoms with Crippen LogP contribution in [0.5, 0.6) is 0 Å². The van der Waals surface area contributed by atoms with Crippen molar-refractivity contribution in [2.24, 2.45) is 0 Å². The Morgan fingerprint density at radius 3 is 1.26 bits per heavy atom. The number of hydrogen-bond donors (Lipinski definition) is 0. The molecule has 0 saturated carbocycles. The Bertz CT molecular complexity index is 6280. The Morgan fingerprint density at radius 1 is 0.241 bits per heavy atom. The second-order valence-electron chi connectivity index (χ2n) is 28.9. The fraction of sp³-hybridized carbons (Fsp3) is 0.0385. The summed E-state index contributed by atoms with van der Waals surface area (Å²) in [6.07, 6.45) is 9.34. The highest BCUT2D eigenvalue weighted by Gasteiger charge is 2.49. The van der Waals surface area contributed by atoms with Crippen LogP contribution in [0.2, 0.25) is 0 Å². The topological polar surface area (TPSA) is 14.7 Å². The predicted molar refractivity (Wildman–Crippen MR) is 449 cm³/mol. The van der Waals surface area contributed by atoms with Gasteiger partial charge in [0.25, 0.3) is 0 Å². The maximum absolute atomic E-state index is 2.63. The van der Waals surface area contributed by atoms with Crippen LogP contribution in [0.15, 0.2) is 425 Å². The molecule has 1 aromatic heterocycles. The number of anilines is 8. The van der Waals surface area contributed by atoms with Crippen molar-refractivity contribution in [2.45, 2.75) is 22.8 Å². The maximum Gasteiger partial charge on any atom is 0.0742 e. The molecule has 0 bridgehead atoms. The van der Waals surface area contributed by atoms with E-state index in [1.165, 1.54) is 111 Å². The molecule has 0 radical (unpaired) electrons. The minimum atomic E-state index is -0.697. The summed E-state index contributed by atoms with van der Waals surface area (Å²) in [4.78, 5) is 7.68. The molecule has 4 aliphatic rings. The summed E-state index contributed by atoms with van der Waals surface area (Å²) in [6, 6.07) is 149. The fourth-order valence-electron chi connectivity index (χ4n) is 19.1. The second kappa shape index (κ2) is 25.5. The van der Waals surface area contributed by atoms with E-state index < -0.39 is 10.8 Å². The number of hydrogen-bond acceptors (Lipinski definition) is 3. The molecule has 4 nitrogen and oxygen atoms in total. The average molecular weight is 1380 g/mol. The van der Waals surface area contributed by atoms with Gasteiger partial charge in [-0.2, -0.15) is 0 Å². The van der Waals surface area contributed by atoms with Crippen LogP contribution in [0.25, 0.3) is 72.0 Å². The van der Waals surface area contributed by atoms with Gasteiger partial charge in [0.1, 0.15) is 0 Å². The van der Waals surface area contributed by atoms with Gasteiger partial charge in [0.2, 0.25) is 0 Å². The lowest BCUT2D eigenvalue weighted by Crippen LogP contribution is -2.38. The van der Waals surface area contributed by atoms with Crippen LogP contribution < -0.4 is 14.7 Å². The summed E-state index contributed by atoms with van der Waals surface area (Å²) >= 11 is 0. The molecule has 17 aromatic rings. The van der Waals surface area contributed by atoms with Crippen LogP contribution in [-0.4, -0.2) is 10.6 Å². The second-order valence-corrected chi connectivity index (χ2v) is 28.9. The molecule has 4 heteroatoms. The van der Waals surface area contributed by atoms with E-state index in [1.54, 1.807) is 0 Å². The molecule has 0 N–H and O–H groups in total. The van der Waals surface area contributed by atoms with E-state index in [-0.39, 0.29) is 12.0 Å². The van der Waals surface area contributed by atoms with Gasteiger partial charge >= 0.3 is 0 Å². The van der Waals surface area contributed by atoms with Gasteiger partial charge in [-0.1, -0.05) is 346 Å². The number of allylic oxidation sites excluding steroid dienone is 2. The quantitative estimate of drug-likeness (QED) is 0.121. The molecule has 108 heavy (non-hydrogen) atoms. The Kier molecular flexibility index (Phi) is 14.8. The van der Waals surface area contributed by atoms with Gasteiger partial charge in [-0.15, -0.1) is 0 Å². The molecule has 0 fully saturated rings. The maximum atomic E-state index is 2.63. The van der Waals surface area contributed by atoms with Crippen LogP contribution >= 0.6 is 0 Å². The van der Waals surface area contributed by atoms with Gasteiger partial charge in [-0.3, -0.25) is 0 Å². The highest BCUT2D eigenvalue weighted by molar-refractivity contribution is 6.17. The molecule has 21 rings (SSSR count). The van der Waals surface area contributed by atoms with E-state index in [1.807, 2.05) is 0 Å². The van der Waals surface area contributed by atoms with Crippen LogP contribution in [0, 0.1) is 0 Å². The Labute approximate surface area is 630 Å². The van der Waals surface area contributed by atoms with Gasteiger partial charge in [-0.05, 0) is 162 Å². The molecule has 4 heterocycles. The lowest BCUT2D eigenvalue weighted by atomic mass is 9.62. The molecule has 3 aliphatic heterocycles. The third-order valence-electron chi connectivity index (χ3n) is 23.4. The van der Waals surface area contributed by atoms with E-state index in [9.17, 15) is 0 Å². The van der Waals surface area contributed by atoms with Crippen LogP contribution in [-0.2, 0) is 10.8 Å². The Hall–Kier alpha value is -13.8. The zero-order valence-corrected chi connectivity index (χ0v) is 59.4. The van der Waals surface area contributed by atoms with Gasteiger partial charge < -0.3 is 19.3 Å². The number of nitrogens with zero attached hydrogens (tertiary/aromatic N) is 4. The smallest absolute Gasteiger partial charge is 0.0742 e. The molecule has 1 aliphatic carbocycles. The van der Waals surface area contributed by atoms with Gasteiger partial charge in [0.15, 0.2) is 0 Å². The van der Waals surface area contributed by atoms with Crippen molar-refractivity contribution in [2.75, 3.05) is 14.7 Å². The lowest BCUT2D eigenvalue weighted by molar-refractivity contribution is 0.730. The lowest BCUT2D eigenvalue weighted by Gasteiger charge is -2.47. The summed E-state index contributed by atoms with van der Waals surface area (Å²) in [5, 5.41) is 2.49. The van der Waals surface area contributed by atoms with Crippen LogP contribution in [0.3, 0.4) is 0 Å². The zero-order chi connectivity index (χ0) is 71.3. The first-order chi connectivity index (χ1) is 53.6. The summed E-state index contributed by atoms with van der Waals surface area (Å²) in [5.41, 5.74) is 31.8. The highest BCUT2D eigenvalue weighted by atomic mass is 15.2. The number of aromatic nitrogens is 1. The standard InChI is InChI=1S/C104H72N4/c1-6-34-71(35-7-1)81-48-16-23-57-91(81)107-93-59-25-18-50-85(93)101-83(52-32-64-98(101)107)84-53-33-65-99-102(84)86-51-19-26-60-94(86)108(99)92-58-24-17-49-82(92)74-37-30-36-72(68-74)73-66-67-90-100(69-73)106(97-63-29-22-56-89(97)104(90,77-42-12-4-13-43-77)78-44-14-5-15-45-78)80-47-31-46-79(70-80)105-95-61-27-20-54-87(95)103(75-38-8-2-9-39-75,76-40-10-3-11-41-76)88-55-21-28-62-96(88)105/h1-70,86,94H. The number of fused-ring (bicyclic) bond motifs is 10. The van der Waals surface area contributed by atoms with Crippen molar-refractivity contribution in [3.05, 3.63) is 475 Å². The number of benzene rings is 16. The molecule has 508 valence electrons. The minimum absolute atomic E-state index is 0.0350. The molecule has 0 saturated heterocycles. The monoisotopic (exact) mass is 1380 g/mol. The number of rotatable bonds is 12. The third-order valence-corrected chi connectivity index (χ3v) is 23.4. The Balaban J connectivity index is 0.714. The predicted octanol–water partition coefficient (Wildman–Crippen LogP) is 26.5. The fourth-order valence-corrected chi connectivity index (χ4v) is 19.1. The third kappa shape index (κ3) is 9.49.